The molecule has 4 nitrogen and oxygen atoms in total. The largest absolute Gasteiger partial charge is 1.00 e. The van der Waals surface area contributed by atoms with Crippen LogP contribution < -0.4 is 29.6 Å². The molecule has 154 valence electrons. The van der Waals surface area contributed by atoms with Crippen molar-refractivity contribution < 1.29 is 48.4 Å². The van der Waals surface area contributed by atoms with Gasteiger partial charge in [-0.25, -0.2) is 4.57 Å². The molecule has 0 aliphatic rings. The molecule has 2 N–H and O–H groups in total. The van der Waals surface area contributed by atoms with Crippen molar-refractivity contribution in [1.29, 1.82) is 0 Å². The van der Waals surface area contributed by atoms with Gasteiger partial charge < -0.3 is 16.7 Å². The van der Waals surface area contributed by atoms with E-state index in [0.29, 0.717) is 0 Å². The molecule has 0 rings (SSSR count). The maximum absolute atomic E-state index is 10.4. The minimum atomic E-state index is -4.24. The second-order valence-corrected chi connectivity index (χ2v) is 8.01. The van der Waals surface area contributed by atoms with Crippen LogP contribution in [0.2, 0.25) is 0 Å². The Kier molecular flexibility index (Phi) is 31.9. The molecule has 0 heterocycles. The molecule has 0 bridgehead atoms. The molecule has 0 amide bonds. The molecule has 0 saturated heterocycles. The standard InChI is InChI=1S/C12H27O4P.C8H17.Na/c1-2-3-4-5-6-7-8-9-10-11-12-16-17(13,14)15;1-3-5-7-8-6-4-2;/h2-12H2,1H3,(H2,13,14,15);1,3-8H2,2H3;/q;-1;+1. The van der Waals surface area contributed by atoms with Gasteiger partial charge in [-0.3, -0.25) is 4.52 Å². The summed E-state index contributed by atoms with van der Waals surface area (Å²) < 4.78 is 14.7. The zero-order valence-corrected chi connectivity index (χ0v) is 20.8. The molecule has 0 unspecified atom stereocenters. The van der Waals surface area contributed by atoms with Crippen molar-refractivity contribution in [2.45, 2.75) is 117 Å². The Morgan fingerprint density at radius 2 is 1.04 bits per heavy atom. The fourth-order valence-electron chi connectivity index (χ4n) is 2.55. The summed E-state index contributed by atoms with van der Waals surface area (Å²) in [6.45, 7) is 8.41. The molecule has 0 spiro atoms. The molecule has 0 atom stereocenters. The van der Waals surface area contributed by atoms with Crippen LogP contribution in [-0.4, -0.2) is 16.4 Å². The zero-order chi connectivity index (χ0) is 19.2. The first-order valence-electron chi connectivity index (χ1n) is 10.5. The summed E-state index contributed by atoms with van der Waals surface area (Å²) >= 11 is 0. The summed E-state index contributed by atoms with van der Waals surface area (Å²) in [5.41, 5.74) is 0. The van der Waals surface area contributed by atoms with Crippen molar-refractivity contribution in [3.63, 3.8) is 0 Å². The minimum absolute atomic E-state index is 0. The van der Waals surface area contributed by atoms with E-state index in [0.717, 1.165) is 25.7 Å². The van der Waals surface area contributed by atoms with Gasteiger partial charge in [0.05, 0.1) is 6.61 Å². The van der Waals surface area contributed by atoms with Crippen molar-refractivity contribution in [2.24, 2.45) is 0 Å². The molecule has 0 radical (unpaired) electrons. The predicted octanol–water partition coefficient (Wildman–Crippen LogP) is 4.20. The van der Waals surface area contributed by atoms with Gasteiger partial charge >= 0.3 is 37.4 Å². The van der Waals surface area contributed by atoms with Crippen LogP contribution in [0.15, 0.2) is 0 Å². The Morgan fingerprint density at radius 1 is 0.692 bits per heavy atom. The molecule has 0 aromatic rings. The summed E-state index contributed by atoms with van der Waals surface area (Å²) in [5, 5.41) is 0. The van der Waals surface area contributed by atoms with E-state index < -0.39 is 7.82 Å². The molecule has 0 fully saturated rings. The molecular weight excluding hydrogens is 358 g/mol. The SMILES string of the molecule is CCCCCCCCCCCCOP(=O)(O)O.[CH2-]CCCCCCC.[Na+]. The monoisotopic (exact) mass is 402 g/mol. The quantitative estimate of drug-likeness (QED) is 0.166. The molecule has 0 aliphatic carbocycles. The second kappa shape index (κ2) is 26.1. The summed E-state index contributed by atoms with van der Waals surface area (Å²) in [6, 6.07) is 0. The van der Waals surface area contributed by atoms with Crippen LogP contribution in [0.3, 0.4) is 0 Å². The van der Waals surface area contributed by atoms with Crippen LogP contribution in [0, 0.1) is 6.92 Å². The predicted molar refractivity (Wildman–Crippen MR) is 109 cm³/mol. The summed E-state index contributed by atoms with van der Waals surface area (Å²) in [5.74, 6) is 0. The molecule has 6 heteroatoms. The fourth-order valence-corrected chi connectivity index (χ4v) is 2.92. The first kappa shape index (κ1) is 31.8. The third kappa shape index (κ3) is 36.1. The van der Waals surface area contributed by atoms with Gasteiger partial charge in [-0.1, -0.05) is 104 Å². The van der Waals surface area contributed by atoms with Crippen LogP contribution in [0.5, 0.6) is 0 Å². The summed E-state index contributed by atoms with van der Waals surface area (Å²) in [7, 11) is -4.24. The molecular formula is C20H44NaO4P. The maximum Gasteiger partial charge on any atom is 1.00 e. The van der Waals surface area contributed by atoms with Gasteiger partial charge in [0.1, 0.15) is 0 Å². The Balaban J connectivity index is -0.000000498. The van der Waals surface area contributed by atoms with E-state index in [2.05, 4.69) is 25.3 Å². The van der Waals surface area contributed by atoms with Gasteiger partial charge in [0.2, 0.25) is 0 Å². The minimum Gasteiger partial charge on any atom is -0.343 e. The second-order valence-electron chi connectivity index (χ2n) is 6.77. The van der Waals surface area contributed by atoms with Gasteiger partial charge in [0.25, 0.3) is 0 Å². The third-order valence-electron chi connectivity index (χ3n) is 4.11. The Hall–Kier alpha value is 1.11. The van der Waals surface area contributed by atoms with E-state index in [1.807, 2.05) is 0 Å². The van der Waals surface area contributed by atoms with Crippen LogP contribution in [0.4, 0.5) is 0 Å². The average molecular weight is 403 g/mol. The maximum atomic E-state index is 10.4. The van der Waals surface area contributed by atoms with E-state index in [-0.39, 0.29) is 36.2 Å². The van der Waals surface area contributed by atoms with E-state index >= 15 is 0 Å². The van der Waals surface area contributed by atoms with E-state index in [1.165, 1.54) is 77.0 Å². The molecule has 0 aromatic carbocycles. The number of phosphoric ester groups is 1. The molecule has 0 aromatic heterocycles. The topological polar surface area (TPSA) is 66.8 Å². The fraction of sp³-hybridized carbons (Fsp3) is 0.950. The van der Waals surface area contributed by atoms with Crippen LogP contribution in [0.1, 0.15) is 117 Å². The summed E-state index contributed by atoms with van der Waals surface area (Å²) in [4.78, 5) is 16.9. The number of rotatable bonds is 17. The van der Waals surface area contributed by atoms with Crippen molar-refractivity contribution in [1.82, 2.24) is 0 Å². The normalized spacial score (nSPS) is 10.8. The van der Waals surface area contributed by atoms with Crippen molar-refractivity contribution in [2.75, 3.05) is 6.61 Å². The van der Waals surface area contributed by atoms with E-state index in [1.54, 1.807) is 0 Å². The Labute approximate surface area is 185 Å². The average Bonchev–Trinajstić information content (AvgIpc) is 2.56. The first-order chi connectivity index (χ1) is 12.0. The Morgan fingerprint density at radius 3 is 1.38 bits per heavy atom. The number of hydrogen-bond donors (Lipinski definition) is 2. The number of phosphoric acid groups is 1. The van der Waals surface area contributed by atoms with Gasteiger partial charge in [-0.05, 0) is 6.42 Å². The summed E-state index contributed by atoms with van der Waals surface area (Å²) in [6.07, 6.45) is 20.0. The first-order valence-corrected chi connectivity index (χ1v) is 12.0. The van der Waals surface area contributed by atoms with Crippen LogP contribution in [0.25, 0.3) is 0 Å². The molecule has 26 heavy (non-hydrogen) atoms. The van der Waals surface area contributed by atoms with E-state index in [9.17, 15) is 4.57 Å². The van der Waals surface area contributed by atoms with Gasteiger partial charge in [-0.15, -0.1) is 0 Å². The van der Waals surface area contributed by atoms with Gasteiger partial charge in [0.15, 0.2) is 0 Å². The number of hydrogen-bond acceptors (Lipinski definition) is 2. The number of unbranched alkanes of at least 4 members (excludes halogenated alkanes) is 14. The van der Waals surface area contributed by atoms with Crippen molar-refractivity contribution in [3.05, 3.63) is 6.92 Å². The van der Waals surface area contributed by atoms with Crippen molar-refractivity contribution in [3.8, 4) is 0 Å². The smallest absolute Gasteiger partial charge is 0.343 e. The van der Waals surface area contributed by atoms with Gasteiger partial charge in [-0.2, -0.15) is 6.42 Å². The third-order valence-corrected chi connectivity index (χ3v) is 4.63. The van der Waals surface area contributed by atoms with E-state index in [4.69, 9.17) is 9.79 Å². The Bertz CT molecular complexity index is 279. The zero-order valence-electron chi connectivity index (χ0n) is 17.9. The van der Waals surface area contributed by atoms with Crippen LogP contribution >= 0.6 is 7.82 Å². The van der Waals surface area contributed by atoms with Crippen LogP contribution in [-0.2, 0) is 9.09 Å². The van der Waals surface area contributed by atoms with Gasteiger partial charge in [0, 0.05) is 0 Å². The van der Waals surface area contributed by atoms with Crippen molar-refractivity contribution >= 4 is 7.82 Å². The molecule has 0 saturated carbocycles. The molecule has 0 aliphatic heterocycles.